The first-order valence-corrected chi connectivity index (χ1v) is 5.46. The number of halogens is 1. The molecule has 15 heavy (non-hydrogen) atoms. The number of amides is 1. The molecule has 80 valence electrons. The highest BCUT2D eigenvalue weighted by atomic mass is 79.9. The molecule has 0 bridgehead atoms. The van der Waals surface area contributed by atoms with Gasteiger partial charge in [0, 0.05) is 4.88 Å². The maximum Gasteiger partial charge on any atom is 0.245 e. The fraction of sp³-hybridized carbons (Fsp3) is 0.125. The Labute approximate surface area is 97.9 Å². The lowest BCUT2D eigenvalue weighted by Crippen LogP contribution is -2.30. The lowest BCUT2D eigenvalue weighted by Gasteiger charge is -1.98. The van der Waals surface area contributed by atoms with E-state index in [0.717, 1.165) is 8.66 Å². The lowest BCUT2D eigenvalue weighted by molar-refractivity contribution is -0.304. The van der Waals surface area contributed by atoms with Gasteiger partial charge in [0.25, 0.3) is 0 Å². The maximum atomic E-state index is 10.8. The number of aliphatic carboxylic acids is 1. The Balaban J connectivity index is 2.40. The van der Waals surface area contributed by atoms with E-state index in [1.165, 1.54) is 17.6 Å². The quantitative estimate of drug-likeness (QED) is 0.485. The fourth-order valence-electron chi connectivity index (χ4n) is 0.736. The Morgan fingerprint density at radius 1 is 1.60 bits per heavy atom. The van der Waals surface area contributed by atoms with Gasteiger partial charge in [-0.15, -0.1) is 11.3 Å². The number of carboxylic acids is 1. The zero-order valence-corrected chi connectivity index (χ0v) is 9.80. The largest absolute Gasteiger partial charge is 0.550 e. The summed E-state index contributed by atoms with van der Waals surface area (Å²) >= 11 is 4.71. The minimum atomic E-state index is -1.43. The predicted molar refractivity (Wildman–Crippen MR) is 57.4 cm³/mol. The molecule has 0 aliphatic heterocycles. The van der Waals surface area contributed by atoms with Crippen molar-refractivity contribution < 1.29 is 14.7 Å². The van der Waals surface area contributed by atoms with Gasteiger partial charge in [-0.25, -0.2) is 5.43 Å². The molecule has 1 rings (SSSR count). The summed E-state index contributed by atoms with van der Waals surface area (Å²) in [4.78, 5) is 21.7. The van der Waals surface area contributed by atoms with Crippen LogP contribution >= 0.6 is 27.3 Å². The van der Waals surface area contributed by atoms with Gasteiger partial charge in [-0.3, -0.25) is 4.79 Å². The summed E-state index contributed by atoms with van der Waals surface area (Å²) in [5, 5.41) is 13.6. The van der Waals surface area contributed by atoms with E-state index in [2.05, 4.69) is 26.5 Å². The van der Waals surface area contributed by atoms with Gasteiger partial charge < -0.3 is 9.90 Å². The number of carbonyl (C=O) groups is 2. The summed E-state index contributed by atoms with van der Waals surface area (Å²) < 4.78 is 0.949. The zero-order valence-electron chi connectivity index (χ0n) is 7.40. The fourth-order valence-corrected chi connectivity index (χ4v) is 2.03. The Kier molecular flexibility index (Phi) is 4.44. The number of nitrogens with zero attached hydrogens (tertiary/aromatic N) is 1. The minimum Gasteiger partial charge on any atom is -0.550 e. The number of thiophene rings is 1. The molecule has 0 aliphatic rings. The molecule has 0 radical (unpaired) electrons. The van der Waals surface area contributed by atoms with Crippen molar-refractivity contribution in [1.82, 2.24) is 5.43 Å². The van der Waals surface area contributed by atoms with Gasteiger partial charge in [-0.2, -0.15) is 5.10 Å². The molecule has 1 N–H and O–H groups in total. The van der Waals surface area contributed by atoms with E-state index in [0.29, 0.717) is 0 Å². The van der Waals surface area contributed by atoms with Crippen LogP contribution in [0.15, 0.2) is 21.0 Å². The van der Waals surface area contributed by atoms with Gasteiger partial charge in [0.15, 0.2) is 0 Å². The third-order valence-electron chi connectivity index (χ3n) is 1.28. The molecule has 0 saturated carbocycles. The van der Waals surface area contributed by atoms with Crippen LogP contribution in [0.4, 0.5) is 0 Å². The third-order valence-corrected chi connectivity index (χ3v) is 2.84. The molecule has 1 heterocycles. The van der Waals surface area contributed by atoms with Crippen LogP contribution in [0.3, 0.4) is 0 Å². The standard InChI is InChI=1S/C8H7BrN2O3S/c9-6-2-1-5(15-6)4-10-11-7(12)3-8(13)14/h1-2,4H,3H2,(H,11,12)(H,13,14)/p-1/b10-4-. The summed E-state index contributed by atoms with van der Waals surface area (Å²) in [5.74, 6) is -2.14. The number of rotatable bonds is 4. The van der Waals surface area contributed by atoms with Crippen molar-refractivity contribution in [3.05, 3.63) is 20.8 Å². The Morgan fingerprint density at radius 2 is 2.33 bits per heavy atom. The first-order chi connectivity index (χ1) is 7.08. The average Bonchev–Trinajstić information content (AvgIpc) is 2.50. The highest BCUT2D eigenvalue weighted by Gasteiger charge is 1.98. The van der Waals surface area contributed by atoms with E-state index in [-0.39, 0.29) is 0 Å². The smallest absolute Gasteiger partial charge is 0.245 e. The second-order valence-corrected chi connectivity index (χ2v) is 4.98. The number of hydrogen-bond donors (Lipinski definition) is 1. The molecule has 7 heteroatoms. The lowest BCUT2D eigenvalue weighted by atomic mass is 10.4. The van der Waals surface area contributed by atoms with Crippen LogP contribution in [0.25, 0.3) is 0 Å². The number of hydrogen-bond acceptors (Lipinski definition) is 5. The van der Waals surface area contributed by atoms with Crippen molar-refractivity contribution >= 4 is 45.4 Å². The molecule has 0 aliphatic carbocycles. The van der Waals surface area contributed by atoms with Crippen molar-refractivity contribution in [3.8, 4) is 0 Å². The second kappa shape index (κ2) is 5.62. The van der Waals surface area contributed by atoms with E-state index in [9.17, 15) is 14.7 Å². The summed E-state index contributed by atoms with van der Waals surface area (Å²) in [6.45, 7) is 0. The first kappa shape index (κ1) is 11.9. The average molecular weight is 290 g/mol. The van der Waals surface area contributed by atoms with Crippen LogP contribution in [-0.4, -0.2) is 18.1 Å². The van der Waals surface area contributed by atoms with Gasteiger partial charge in [-0.05, 0) is 28.1 Å². The first-order valence-electron chi connectivity index (χ1n) is 3.85. The summed E-state index contributed by atoms with van der Waals surface area (Å²) in [6, 6.07) is 3.65. The van der Waals surface area contributed by atoms with Gasteiger partial charge in [0.1, 0.15) is 0 Å². The summed E-state index contributed by atoms with van der Waals surface area (Å²) in [7, 11) is 0. The molecule has 0 unspecified atom stereocenters. The molecule has 1 aromatic heterocycles. The Morgan fingerprint density at radius 3 is 2.87 bits per heavy atom. The molecule has 5 nitrogen and oxygen atoms in total. The maximum absolute atomic E-state index is 10.8. The van der Waals surface area contributed by atoms with Crippen molar-refractivity contribution in [2.24, 2.45) is 5.10 Å². The van der Waals surface area contributed by atoms with Crippen LogP contribution in [-0.2, 0) is 9.59 Å². The van der Waals surface area contributed by atoms with E-state index in [4.69, 9.17) is 0 Å². The molecule has 0 aromatic carbocycles. The minimum absolute atomic E-state index is 0.689. The number of nitrogens with one attached hydrogen (secondary N) is 1. The molecule has 0 atom stereocenters. The van der Waals surface area contributed by atoms with Gasteiger partial charge >= 0.3 is 0 Å². The molecule has 1 aromatic rings. The Hall–Kier alpha value is -1.21. The van der Waals surface area contributed by atoms with Crippen LogP contribution in [0, 0.1) is 0 Å². The summed E-state index contributed by atoms with van der Waals surface area (Å²) in [6.07, 6.45) is 0.744. The number of hydrazone groups is 1. The topological polar surface area (TPSA) is 81.6 Å². The van der Waals surface area contributed by atoms with Crippen LogP contribution in [0.5, 0.6) is 0 Å². The molecular weight excluding hydrogens is 284 g/mol. The normalized spacial score (nSPS) is 10.5. The van der Waals surface area contributed by atoms with Crippen molar-refractivity contribution in [2.75, 3.05) is 0 Å². The molecule has 0 fully saturated rings. The SMILES string of the molecule is O=C([O-])CC(=O)N/N=C\c1ccc(Br)s1. The van der Waals surface area contributed by atoms with Gasteiger partial charge in [-0.1, -0.05) is 0 Å². The monoisotopic (exact) mass is 289 g/mol. The number of carboxylic acid groups (broad SMARTS) is 1. The third kappa shape index (κ3) is 4.71. The van der Waals surface area contributed by atoms with Gasteiger partial charge in [0.05, 0.1) is 22.4 Å². The Bertz CT molecular complexity index is 402. The highest BCUT2D eigenvalue weighted by molar-refractivity contribution is 9.11. The molecular formula is C8H6BrN2O3S-. The predicted octanol–water partition coefficient (Wildman–Crippen LogP) is 0.101. The molecule has 0 saturated heterocycles. The molecule has 0 spiro atoms. The van der Waals surface area contributed by atoms with E-state index >= 15 is 0 Å². The van der Waals surface area contributed by atoms with E-state index < -0.39 is 18.3 Å². The second-order valence-electron chi connectivity index (χ2n) is 2.48. The van der Waals surface area contributed by atoms with Crippen LogP contribution in [0.2, 0.25) is 0 Å². The van der Waals surface area contributed by atoms with E-state index in [1.807, 2.05) is 12.1 Å². The van der Waals surface area contributed by atoms with Crippen molar-refractivity contribution in [1.29, 1.82) is 0 Å². The van der Waals surface area contributed by atoms with Gasteiger partial charge in [0.2, 0.25) is 5.91 Å². The number of carbonyl (C=O) groups excluding carboxylic acids is 2. The zero-order chi connectivity index (χ0) is 11.3. The van der Waals surface area contributed by atoms with Crippen LogP contribution < -0.4 is 10.5 Å². The highest BCUT2D eigenvalue weighted by Crippen LogP contribution is 2.20. The summed E-state index contributed by atoms with van der Waals surface area (Å²) in [5.41, 5.74) is 2.07. The van der Waals surface area contributed by atoms with Crippen molar-refractivity contribution in [3.63, 3.8) is 0 Å². The molecule has 1 amide bonds. The van der Waals surface area contributed by atoms with Crippen molar-refractivity contribution in [2.45, 2.75) is 6.42 Å². The van der Waals surface area contributed by atoms with Crippen LogP contribution in [0.1, 0.15) is 11.3 Å². The van der Waals surface area contributed by atoms with E-state index in [1.54, 1.807) is 0 Å².